The number of sulfonamides is 1. The summed E-state index contributed by atoms with van der Waals surface area (Å²) < 4.78 is 28.1. The zero-order valence-corrected chi connectivity index (χ0v) is 16.6. The van der Waals surface area contributed by atoms with Crippen molar-refractivity contribution in [1.29, 1.82) is 0 Å². The SMILES string of the molecule is Cc1cc(C)cc(NS(=O)(=O)c2cccc(C(=O)NC3CCCCC3)c2)c1. The molecule has 0 heterocycles. The van der Waals surface area contributed by atoms with Gasteiger partial charge in [0, 0.05) is 17.3 Å². The van der Waals surface area contributed by atoms with Gasteiger partial charge in [0.1, 0.15) is 0 Å². The summed E-state index contributed by atoms with van der Waals surface area (Å²) in [5.41, 5.74) is 2.84. The summed E-state index contributed by atoms with van der Waals surface area (Å²) in [6.07, 6.45) is 5.43. The zero-order valence-electron chi connectivity index (χ0n) is 15.8. The van der Waals surface area contributed by atoms with Gasteiger partial charge in [0.05, 0.1) is 4.90 Å². The highest BCUT2D eigenvalue weighted by Crippen LogP contribution is 2.21. The summed E-state index contributed by atoms with van der Waals surface area (Å²) in [6, 6.07) is 11.9. The Bertz CT molecular complexity index is 912. The minimum Gasteiger partial charge on any atom is -0.349 e. The zero-order chi connectivity index (χ0) is 19.4. The van der Waals surface area contributed by atoms with Crippen LogP contribution in [-0.2, 0) is 10.0 Å². The van der Waals surface area contributed by atoms with Crippen LogP contribution in [0.5, 0.6) is 0 Å². The Morgan fingerprint density at radius 1 is 0.963 bits per heavy atom. The van der Waals surface area contributed by atoms with Crippen LogP contribution in [0.25, 0.3) is 0 Å². The Morgan fingerprint density at radius 2 is 1.63 bits per heavy atom. The molecule has 1 amide bonds. The Labute approximate surface area is 161 Å². The standard InChI is InChI=1S/C21H26N2O3S/c1-15-11-16(2)13-19(12-15)23-27(25,26)20-10-6-7-17(14-20)21(24)22-18-8-4-3-5-9-18/h6-7,10-14,18,23H,3-5,8-9H2,1-2H3,(H,22,24). The van der Waals surface area contributed by atoms with E-state index in [-0.39, 0.29) is 16.8 Å². The maximum absolute atomic E-state index is 12.7. The number of benzene rings is 2. The number of hydrogen-bond donors (Lipinski definition) is 2. The molecule has 2 N–H and O–H groups in total. The van der Waals surface area contributed by atoms with Crippen LogP contribution in [0, 0.1) is 13.8 Å². The molecule has 3 rings (SSSR count). The molecule has 27 heavy (non-hydrogen) atoms. The molecular weight excluding hydrogens is 360 g/mol. The fraction of sp³-hybridized carbons (Fsp3) is 0.381. The molecule has 0 atom stereocenters. The normalized spacial score (nSPS) is 15.3. The van der Waals surface area contributed by atoms with Crippen molar-refractivity contribution in [3.63, 3.8) is 0 Å². The Morgan fingerprint density at radius 3 is 2.30 bits per heavy atom. The van der Waals surface area contributed by atoms with Crippen LogP contribution in [0.4, 0.5) is 5.69 Å². The third-order valence-corrected chi connectivity index (χ3v) is 6.20. The quantitative estimate of drug-likeness (QED) is 0.810. The summed E-state index contributed by atoms with van der Waals surface area (Å²) in [6.45, 7) is 3.84. The molecule has 144 valence electrons. The van der Waals surface area contributed by atoms with E-state index in [0.717, 1.165) is 36.8 Å². The number of anilines is 1. The maximum atomic E-state index is 12.7. The van der Waals surface area contributed by atoms with Gasteiger partial charge in [-0.05, 0) is 68.1 Å². The molecule has 0 unspecified atom stereocenters. The minimum absolute atomic E-state index is 0.0814. The Hall–Kier alpha value is -2.34. The van der Waals surface area contributed by atoms with Gasteiger partial charge in [0.2, 0.25) is 0 Å². The van der Waals surface area contributed by atoms with Crippen molar-refractivity contribution < 1.29 is 13.2 Å². The highest BCUT2D eigenvalue weighted by molar-refractivity contribution is 7.92. The fourth-order valence-corrected chi connectivity index (χ4v) is 4.65. The van der Waals surface area contributed by atoms with Gasteiger partial charge in [0.25, 0.3) is 15.9 Å². The first-order valence-electron chi connectivity index (χ1n) is 9.35. The van der Waals surface area contributed by atoms with Crippen LogP contribution in [-0.4, -0.2) is 20.4 Å². The van der Waals surface area contributed by atoms with Crippen molar-refractivity contribution in [1.82, 2.24) is 5.32 Å². The second kappa shape index (κ2) is 8.13. The van der Waals surface area contributed by atoms with E-state index < -0.39 is 10.0 Å². The third-order valence-electron chi connectivity index (χ3n) is 4.82. The lowest BCUT2D eigenvalue weighted by atomic mass is 9.95. The first-order valence-corrected chi connectivity index (χ1v) is 10.8. The van der Waals surface area contributed by atoms with Gasteiger partial charge >= 0.3 is 0 Å². The van der Waals surface area contributed by atoms with Gasteiger partial charge < -0.3 is 5.32 Å². The highest BCUT2D eigenvalue weighted by Gasteiger charge is 2.19. The van der Waals surface area contributed by atoms with Gasteiger partial charge in [-0.1, -0.05) is 31.4 Å². The van der Waals surface area contributed by atoms with E-state index in [2.05, 4.69) is 10.0 Å². The molecule has 6 heteroatoms. The van der Waals surface area contributed by atoms with Gasteiger partial charge in [-0.2, -0.15) is 0 Å². The molecule has 1 aliphatic carbocycles. The molecule has 0 aromatic heterocycles. The van der Waals surface area contributed by atoms with Gasteiger partial charge in [-0.3, -0.25) is 9.52 Å². The minimum atomic E-state index is -3.77. The number of hydrogen-bond acceptors (Lipinski definition) is 3. The summed E-state index contributed by atoms with van der Waals surface area (Å²) in [4.78, 5) is 12.6. The predicted molar refractivity (Wildman–Crippen MR) is 108 cm³/mol. The van der Waals surface area contributed by atoms with Crippen molar-refractivity contribution in [2.45, 2.75) is 56.9 Å². The molecule has 1 aliphatic rings. The Kier molecular flexibility index (Phi) is 5.85. The highest BCUT2D eigenvalue weighted by atomic mass is 32.2. The third kappa shape index (κ3) is 5.10. The monoisotopic (exact) mass is 386 g/mol. The van der Waals surface area contributed by atoms with Crippen LogP contribution < -0.4 is 10.0 Å². The molecule has 1 saturated carbocycles. The van der Waals surface area contributed by atoms with E-state index in [1.54, 1.807) is 24.3 Å². The molecule has 0 saturated heterocycles. The van der Waals surface area contributed by atoms with E-state index in [1.807, 2.05) is 19.9 Å². The van der Waals surface area contributed by atoms with Gasteiger partial charge in [-0.15, -0.1) is 0 Å². The van der Waals surface area contributed by atoms with E-state index in [9.17, 15) is 13.2 Å². The molecule has 1 fully saturated rings. The summed E-state index contributed by atoms with van der Waals surface area (Å²) in [5.74, 6) is -0.217. The fourth-order valence-electron chi connectivity index (χ4n) is 3.57. The number of nitrogens with one attached hydrogen (secondary N) is 2. The number of aryl methyl sites for hydroxylation is 2. The summed E-state index contributed by atoms with van der Waals surface area (Å²) >= 11 is 0. The molecule has 2 aromatic rings. The Balaban J connectivity index is 1.77. The van der Waals surface area contributed by atoms with Gasteiger partial charge in [-0.25, -0.2) is 8.42 Å². The van der Waals surface area contributed by atoms with Crippen LogP contribution >= 0.6 is 0 Å². The van der Waals surface area contributed by atoms with Crippen LogP contribution in [0.15, 0.2) is 47.4 Å². The second-order valence-corrected chi connectivity index (χ2v) is 9.00. The molecular formula is C21H26N2O3S. The molecule has 0 aliphatic heterocycles. The van der Waals surface area contributed by atoms with Gasteiger partial charge in [0.15, 0.2) is 0 Å². The largest absolute Gasteiger partial charge is 0.349 e. The van der Waals surface area contributed by atoms with Crippen molar-refractivity contribution in [2.24, 2.45) is 0 Å². The van der Waals surface area contributed by atoms with Crippen LogP contribution in [0.1, 0.15) is 53.6 Å². The average Bonchev–Trinajstić information content (AvgIpc) is 2.61. The molecule has 0 spiro atoms. The predicted octanol–water partition coefficient (Wildman–Crippen LogP) is 4.17. The van der Waals surface area contributed by atoms with E-state index in [0.29, 0.717) is 11.3 Å². The van der Waals surface area contributed by atoms with Crippen molar-refractivity contribution in [2.75, 3.05) is 4.72 Å². The van der Waals surface area contributed by atoms with E-state index >= 15 is 0 Å². The van der Waals surface area contributed by atoms with Crippen LogP contribution in [0.2, 0.25) is 0 Å². The molecule has 5 nitrogen and oxygen atoms in total. The number of rotatable bonds is 5. The molecule has 0 bridgehead atoms. The first kappa shape index (κ1) is 19.4. The first-order chi connectivity index (χ1) is 12.8. The van der Waals surface area contributed by atoms with E-state index in [1.165, 1.54) is 18.6 Å². The average molecular weight is 387 g/mol. The van der Waals surface area contributed by atoms with Crippen molar-refractivity contribution in [3.05, 3.63) is 59.2 Å². The lowest BCUT2D eigenvalue weighted by molar-refractivity contribution is 0.0927. The number of carbonyl (C=O) groups is 1. The number of amides is 1. The number of carbonyl (C=O) groups excluding carboxylic acids is 1. The lowest BCUT2D eigenvalue weighted by Gasteiger charge is -2.22. The van der Waals surface area contributed by atoms with E-state index in [4.69, 9.17) is 0 Å². The lowest BCUT2D eigenvalue weighted by Crippen LogP contribution is -2.36. The maximum Gasteiger partial charge on any atom is 0.261 e. The summed E-state index contributed by atoms with van der Waals surface area (Å²) in [7, 11) is -3.77. The second-order valence-electron chi connectivity index (χ2n) is 7.32. The summed E-state index contributed by atoms with van der Waals surface area (Å²) in [5, 5.41) is 3.02. The smallest absolute Gasteiger partial charge is 0.261 e. The van der Waals surface area contributed by atoms with Crippen LogP contribution in [0.3, 0.4) is 0 Å². The van der Waals surface area contributed by atoms with Crippen molar-refractivity contribution >= 4 is 21.6 Å². The topological polar surface area (TPSA) is 75.3 Å². The molecule has 0 radical (unpaired) electrons. The molecule has 2 aromatic carbocycles. The van der Waals surface area contributed by atoms with Crippen molar-refractivity contribution in [3.8, 4) is 0 Å².